The number of carbonyl (C=O) groups excluding carboxylic acids is 1. The highest BCUT2D eigenvalue weighted by molar-refractivity contribution is 5.95. The maximum Gasteiger partial charge on any atom is 0.254 e. The number of pyridine rings is 1. The molecular formula is C25H24FN3O2. The number of halogens is 1. The van der Waals surface area contributed by atoms with E-state index in [1.807, 2.05) is 24.1 Å². The summed E-state index contributed by atoms with van der Waals surface area (Å²) in [5.41, 5.74) is 4.61. The fourth-order valence-electron chi connectivity index (χ4n) is 5.16. The Morgan fingerprint density at radius 1 is 1.10 bits per heavy atom. The Kier molecular flexibility index (Phi) is 4.94. The quantitative estimate of drug-likeness (QED) is 0.702. The van der Waals surface area contributed by atoms with Crippen LogP contribution < -0.4 is 4.90 Å². The number of likely N-dealkylation sites (tertiary alicyclic amines) is 1. The van der Waals surface area contributed by atoms with E-state index in [0.29, 0.717) is 12.1 Å². The van der Waals surface area contributed by atoms with Crippen LogP contribution in [0.4, 0.5) is 10.1 Å². The van der Waals surface area contributed by atoms with Crippen LogP contribution in [0.5, 0.6) is 0 Å². The van der Waals surface area contributed by atoms with Crippen molar-refractivity contribution in [2.45, 2.75) is 18.5 Å². The van der Waals surface area contributed by atoms with Crippen molar-refractivity contribution in [3.05, 3.63) is 83.9 Å². The monoisotopic (exact) mass is 417 g/mol. The zero-order valence-corrected chi connectivity index (χ0v) is 17.3. The predicted octanol–water partition coefficient (Wildman–Crippen LogP) is 3.90. The van der Waals surface area contributed by atoms with Crippen LogP contribution in [0, 0.1) is 11.7 Å². The van der Waals surface area contributed by atoms with Gasteiger partial charge in [0.15, 0.2) is 0 Å². The Morgan fingerprint density at radius 2 is 1.81 bits per heavy atom. The van der Waals surface area contributed by atoms with Crippen molar-refractivity contribution in [1.29, 1.82) is 0 Å². The molecule has 0 radical (unpaired) electrons. The van der Waals surface area contributed by atoms with Crippen LogP contribution in [0.3, 0.4) is 0 Å². The molecule has 0 bridgehead atoms. The molecule has 2 aromatic carbocycles. The molecule has 1 amide bonds. The van der Waals surface area contributed by atoms with Gasteiger partial charge in [-0.1, -0.05) is 18.2 Å². The molecule has 5 rings (SSSR count). The number of aliphatic hydroxyl groups is 1. The van der Waals surface area contributed by atoms with E-state index in [4.69, 9.17) is 0 Å². The highest BCUT2D eigenvalue weighted by Crippen LogP contribution is 2.49. The lowest BCUT2D eigenvalue weighted by Gasteiger charge is -2.44. The summed E-state index contributed by atoms with van der Waals surface area (Å²) in [5.74, 6) is -0.150. The van der Waals surface area contributed by atoms with Crippen LogP contribution in [0.2, 0.25) is 0 Å². The van der Waals surface area contributed by atoms with E-state index >= 15 is 0 Å². The molecule has 1 aromatic heterocycles. The summed E-state index contributed by atoms with van der Waals surface area (Å²) < 4.78 is 13.4. The summed E-state index contributed by atoms with van der Waals surface area (Å²) in [5, 5.41) is 10.1. The van der Waals surface area contributed by atoms with E-state index in [1.54, 1.807) is 36.7 Å². The number of carbonyl (C=O) groups is 1. The normalized spacial score (nSPS) is 22.2. The molecule has 1 N–H and O–H groups in total. The fraction of sp³-hybridized carbons (Fsp3) is 0.280. The van der Waals surface area contributed by atoms with E-state index in [2.05, 4.69) is 16.0 Å². The average molecular weight is 417 g/mol. The number of fused-ring (bicyclic) bond motifs is 3. The van der Waals surface area contributed by atoms with Crippen LogP contribution in [0.15, 0.2) is 67.0 Å². The topological polar surface area (TPSA) is 56.7 Å². The van der Waals surface area contributed by atoms with Crippen LogP contribution in [0.25, 0.3) is 11.1 Å². The third-order valence-electron chi connectivity index (χ3n) is 6.72. The van der Waals surface area contributed by atoms with E-state index in [0.717, 1.165) is 28.8 Å². The molecule has 1 fully saturated rings. The maximum atomic E-state index is 13.4. The summed E-state index contributed by atoms with van der Waals surface area (Å²) in [6.07, 6.45) is 4.09. The summed E-state index contributed by atoms with van der Waals surface area (Å²) in [7, 11) is 2.00. The van der Waals surface area contributed by atoms with Gasteiger partial charge in [-0.05, 0) is 59.5 Å². The summed E-state index contributed by atoms with van der Waals surface area (Å²) in [4.78, 5) is 21.4. The Labute approximate surface area is 180 Å². The number of hydrogen-bond donors (Lipinski definition) is 1. The summed E-state index contributed by atoms with van der Waals surface area (Å²) >= 11 is 0. The smallest absolute Gasteiger partial charge is 0.254 e. The SMILES string of the molecule is CN1c2ccc(-c3ccc(F)cc3)cc2[C@H]2[C@H](CCN2C(=O)c2ccncc2)[C@@H]1CO. The minimum atomic E-state index is -0.266. The molecule has 0 saturated carbocycles. The van der Waals surface area contributed by atoms with E-state index in [1.165, 1.54) is 12.1 Å². The Bertz CT molecular complexity index is 1100. The van der Waals surface area contributed by atoms with Gasteiger partial charge in [0.05, 0.1) is 18.7 Å². The first kappa shape index (κ1) is 19.7. The van der Waals surface area contributed by atoms with Crippen molar-refractivity contribution in [2.75, 3.05) is 25.1 Å². The molecule has 31 heavy (non-hydrogen) atoms. The Hall–Kier alpha value is -3.25. The number of benzene rings is 2. The second-order valence-corrected chi connectivity index (χ2v) is 8.27. The third kappa shape index (κ3) is 3.27. The average Bonchev–Trinajstić information content (AvgIpc) is 3.25. The van der Waals surface area contributed by atoms with Gasteiger partial charge in [0.1, 0.15) is 5.82 Å². The molecule has 158 valence electrons. The molecule has 2 aliphatic rings. The first-order chi connectivity index (χ1) is 15.1. The molecule has 0 spiro atoms. The molecule has 3 heterocycles. The van der Waals surface area contributed by atoms with E-state index in [-0.39, 0.29) is 36.3 Å². The lowest BCUT2D eigenvalue weighted by Crippen LogP contribution is -2.48. The summed E-state index contributed by atoms with van der Waals surface area (Å²) in [6.45, 7) is 0.676. The van der Waals surface area contributed by atoms with Gasteiger partial charge in [-0.3, -0.25) is 9.78 Å². The van der Waals surface area contributed by atoms with Gasteiger partial charge in [-0.25, -0.2) is 4.39 Å². The first-order valence-corrected chi connectivity index (χ1v) is 10.5. The molecule has 3 aromatic rings. The van der Waals surface area contributed by atoms with Gasteiger partial charge in [0.2, 0.25) is 0 Å². The summed E-state index contributed by atoms with van der Waals surface area (Å²) in [6, 6.07) is 15.9. The molecule has 0 unspecified atom stereocenters. The van der Waals surface area contributed by atoms with Crippen LogP contribution in [0.1, 0.15) is 28.4 Å². The minimum Gasteiger partial charge on any atom is -0.394 e. The molecule has 6 heteroatoms. The second-order valence-electron chi connectivity index (χ2n) is 8.27. The highest BCUT2D eigenvalue weighted by Gasteiger charge is 2.47. The molecular weight excluding hydrogens is 393 g/mol. The molecule has 2 aliphatic heterocycles. The van der Waals surface area contributed by atoms with Crippen molar-refractivity contribution in [2.24, 2.45) is 5.92 Å². The zero-order valence-electron chi connectivity index (χ0n) is 17.3. The number of hydrogen-bond acceptors (Lipinski definition) is 4. The maximum absolute atomic E-state index is 13.4. The second kappa shape index (κ2) is 7.78. The highest BCUT2D eigenvalue weighted by atomic mass is 19.1. The van der Waals surface area contributed by atoms with Gasteiger partial charge in [0, 0.05) is 43.2 Å². The van der Waals surface area contributed by atoms with Gasteiger partial charge >= 0.3 is 0 Å². The Balaban J connectivity index is 1.60. The Morgan fingerprint density at radius 3 is 2.52 bits per heavy atom. The zero-order chi connectivity index (χ0) is 21.5. The van der Waals surface area contributed by atoms with Crippen molar-refractivity contribution >= 4 is 11.6 Å². The fourth-order valence-corrected chi connectivity index (χ4v) is 5.16. The molecule has 0 aliphatic carbocycles. The van der Waals surface area contributed by atoms with Crippen LogP contribution in [-0.4, -0.2) is 47.1 Å². The van der Waals surface area contributed by atoms with Crippen LogP contribution in [-0.2, 0) is 0 Å². The van der Waals surface area contributed by atoms with Crippen molar-refractivity contribution in [1.82, 2.24) is 9.88 Å². The third-order valence-corrected chi connectivity index (χ3v) is 6.72. The lowest BCUT2D eigenvalue weighted by atomic mass is 9.81. The van der Waals surface area contributed by atoms with Gasteiger partial charge in [-0.2, -0.15) is 0 Å². The number of nitrogens with zero attached hydrogens (tertiary/aromatic N) is 3. The first-order valence-electron chi connectivity index (χ1n) is 10.5. The lowest BCUT2D eigenvalue weighted by molar-refractivity contribution is 0.0694. The van der Waals surface area contributed by atoms with E-state index < -0.39 is 0 Å². The number of aliphatic hydroxyl groups excluding tert-OH is 1. The number of amides is 1. The largest absolute Gasteiger partial charge is 0.394 e. The van der Waals surface area contributed by atoms with Crippen molar-refractivity contribution < 1.29 is 14.3 Å². The number of likely N-dealkylation sites (N-methyl/N-ethyl adjacent to an activating group) is 1. The molecule has 3 atom stereocenters. The standard InChI is InChI=1S/C25H24FN3O2/c1-28-22-7-4-18(16-2-5-19(26)6-3-16)14-21(22)24-20(23(28)15-30)10-13-29(24)25(31)17-8-11-27-12-9-17/h2-9,11-12,14,20,23-24,30H,10,13,15H2,1H3/t20-,23+,24-/m1/s1. The molecule has 1 saturated heterocycles. The predicted molar refractivity (Wildman–Crippen MR) is 117 cm³/mol. The van der Waals surface area contributed by atoms with E-state index in [9.17, 15) is 14.3 Å². The van der Waals surface area contributed by atoms with Crippen molar-refractivity contribution in [3.63, 3.8) is 0 Å². The van der Waals surface area contributed by atoms with Gasteiger partial charge < -0.3 is 14.9 Å². The number of anilines is 1. The van der Waals surface area contributed by atoms with Crippen molar-refractivity contribution in [3.8, 4) is 11.1 Å². The van der Waals surface area contributed by atoms with Gasteiger partial charge in [-0.15, -0.1) is 0 Å². The number of rotatable bonds is 3. The minimum absolute atomic E-state index is 0.0192. The number of aromatic nitrogens is 1. The van der Waals surface area contributed by atoms with Gasteiger partial charge in [0.25, 0.3) is 5.91 Å². The van der Waals surface area contributed by atoms with Crippen LogP contribution >= 0.6 is 0 Å². The molecule has 5 nitrogen and oxygen atoms in total.